The summed E-state index contributed by atoms with van der Waals surface area (Å²) < 4.78 is 0. The highest BCUT2D eigenvalue weighted by molar-refractivity contribution is 5.92. The number of hydrogen-bond acceptors (Lipinski definition) is 3. The van der Waals surface area contributed by atoms with Gasteiger partial charge >= 0.3 is 0 Å². The van der Waals surface area contributed by atoms with E-state index in [0.29, 0.717) is 0 Å². The lowest BCUT2D eigenvalue weighted by molar-refractivity contribution is -0.121. The van der Waals surface area contributed by atoms with Gasteiger partial charge in [-0.2, -0.15) is 0 Å². The summed E-state index contributed by atoms with van der Waals surface area (Å²) in [5, 5.41) is 3.02. The molecule has 22 heavy (non-hydrogen) atoms. The average Bonchev–Trinajstić information content (AvgIpc) is 2.54. The van der Waals surface area contributed by atoms with E-state index in [1.807, 2.05) is 31.1 Å². The number of pyridine rings is 1. The molecule has 0 radical (unpaired) electrons. The van der Waals surface area contributed by atoms with Gasteiger partial charge in [0.2, 0.25) is 5.91 Å². The van der Waals surface area contributed by atoms with Crippen molar-refractivity contribution >= 4 is 17.4 Å². The first-order valence-electron chi connectivity index (χ1n) is 8.54. The van der Waals surface area contributed by atoms with E-state index in [-0.39, 0.29) is 11.8 Å². The molecule has 0 bridgehead atoms. The van der Waals surface area contributed by atoms with Crippen LogP contribution in [0.5, 0.6) is 0 Å². The van der Waals surface area contributed by atoms with Crippen LogP contribution in [0.15, 0.2) is 18.3 Å². The summed E-state index contributed by atoms with van der Waals surface area (Å²) in [6.07, 6.45) is 10.1. The summed E-state index contributed by atoms with van der Waals surface area (Å²) >= 11 is 0. The van der Waals surface area contributed by atoms with Crippen LogP contribution in [0.4, 0.5) is 11.5 Å². The summed E-state index contributed by atoms with van der Waals surface area (Å²) in [5.74, 6) is 2.07. The zero-order chi connectivity index (χ0) is 15.9. The van der Waals surface area contributed by atoms with Crippen LogP contribution in [0, 0.1) is 11.8 Å². The predicted octanol–water partition coefficient (Wildman–Crippen LogP) is 4.08. The number of nitrogens with one attached hydrogen (secondary N) is 1. The van der Waals surface area contributed by atoms with Crippen molar-refractivity contribution in [2.75, 3.05) is 24.3 Å². The Morgan fingerprint density at radius 2 is 2.00 bits per heavy atom. The van der Waals surface area contributed by atoms with Crippen LogP contribution in [-0.2, 0) is 4.79 Å². The molecular formula is C18H29N3O. The van der Waals surface area contributed by atoms with Gasteiger partial charge in [-0.3, -0.25) is 4.79 Å². The molecule has 122 valence electrons. The third-order valence-electron chi connectivity index (χ3n) is 4.66. The normalized spacial score (nSPS) is 21.4. The van der Waals surface area contributed by atoms with Crippen molar-refractivity contribution in [2.24, 2.45) is 11.8 Å². The first-order valence-corrected chi connectivity index (χ1v) is 8.54. The van der Waals surface area contributed by atoms with E-state index in [1.54, 1.807) is 6.20 Å². The summed E-state index contributed by atoms with van der Waals surface area (Å²) in [4.78, 5) is 18.6. The smallest absolute Gasteiger partial charge is 0.227 e. The maximum Gasteiger partial charge on any atom is 0.227 e. The quantitative estimate of drug-likeness (QED) is 0.861. The molecule has 1 saturated carbocycles. The van der Waals surface area contributed by atoms with E-state index in [4.69, 9.17) is 0 Å². The van der Waals surface area contributed by atoms with E-state index in [9.17, 15) is 4.79 Å². The van der Waals surface area contributed by atoms with Crippen molar-refractivity contribution in [2.45, 2.75) is 51.9 Å². The molecule has 1 aliphatic carbocycles. The largest absolute Gasteiger partial charge is 0.363 e. The van der Waals surface area contributed by atoms with E-state index in [0.717, 1.165) is 30.3 Å². The number of unbranched alkanes of at least 4 members (excludes halogenated alkanes) is 1. The molecular weight excluding hydrogens is 274 g/mol. The minimum atomic E-state index is 0.161. The van der Waals surface area contributed by atoms with Gasteiger partial charge in [-0.25, -0.2) is 4.98 Å². The second-order valence-corrected chi connectivity index (χ2v) is 6.65. The first-order chi connectivity index (χ1) is 10.6. The van der Waals surface area contributed by atoms with Crippen molar-refractivity contribution in [3.05, 3.63) is 18.3 Å². The number of hydrogen-bond donors (Lipinski definition) is 1. The molecule has 1 fully saturated rings. The van der Waals surface area contributed by atoms with Crippen LogP contribution in [0.25, 0.3) is 0 Å². The number of carbonyl (C=O) groups is 1. The molecule has 0 atom stereocenters. The third kappa shape index (κ3) is 4.72. The van der Waals surface area contributed by atoms with Crippen LogP contribution in [0.2, 0.25) is 0 Å². The molecule has 1 N–H and O–H groups in total. The van der Waals surface area contributed by atoms with E-state index in [2.05, 4.69) is 17.2 Å². The van der Waals surface area contributed by atoms with Crippen molar-refractivity contribution in [3.8, 4) is 0 Å². The monoisotopic (exact) mass is 303 g/mol. The van der Waals surface area contributed by atoms with Crippen molar-refractivity contribution in [1.29, 1.82) is 0 Å². The predicted molar refractivity (Wildman–Crippen MR) is 92.2 cm³/mol. The number of rotatable bonds is 6. The maximum atomic E-state index is 12.4. The highest BCUT2D eigenvalue weighted by atomic mass is 16.1. The Bertz CT molecular complexity index is 462. The molecule has 0 unspecified atom stereocenters. The molecule has 4 nitrogen and oxygen atoms in total. The van der Waals surface area contributed by atoms with Crippen molar-refractivity contribution in [3.63, 3.8) is 0 Å². The van der Waals surface area contributed by atoms with Gasteiger partial charge in [0.25, 0.3) is 0 Å². The number of nitrogens with zero attached hydrogens (tertiary/aromatic N) is 2. The number of carbonyl (C=O) groups excluding carboxylic acids is 1. The molecule has 4 heteroatoms. The molecule has 0 spiro atoms. The van der Waals surface area contributed by atoms with Crippen molar-refractivity contribution in [1.82, 2.24) is 4.98 Å². The Morgan fingerprint density at radius 1 is 1.27 bits per heavy atom. The zero-order valence-corrected chi connectivity index (χ0v) is 14.1. The first kappa shape index (κ1) is 16.8. The van der Waals surface area contributed by atoms with E-state index < -0.39 is 0 Å². The van der Waals surface area contributed by atoms with Gasteiger partial charge in [0.1, 0.15) is 5.82 Å². The van der Waals surface area contributed by atoms with Gasteiger partial charge in [0.15, 0.2) is 0 Å². The average molecular weight is 303 g/mol. The van der Waals surface area contributed by atoms with Gasteiger partial charge in [-0.1, -0.05) is 26.2 Å². The number of aromatic nitrogens is 1. The standard InChI is InChI=1S/C18H29N3O/c1-4-5-6-14-7-9-15(10-8-14)18(22)20-16-11-12-17(19-13-16)21(2)3/h11-15H,4-10H2,1-3H3,(H,20,22). The molecule has 0 saturated heterocycles. The highest BCUT2D eigenvalue weighted by Crippen LogP contribution is 2.32. The van der Waals surface area contributed by atoms with Gasteiger partial charge < -0.3 is 10.2 Å². The molecule has 0 aromatic carbocycles. The zero-order valence-electron chi connectivity index (χ0n) is 14.1. The fourth-order valence-corrected chi connectivity index (χ4v) is 3.17. The summed E-state index contributed by atoms with van der Waals surface area (Å²) in [5.41, 5.74) is 0.795. The summed E-state index contributed by atoms with van der Waals surface area (Å²) in [7, 11) is 3.91. The van der Waals surface area contributed by atoms with Crippen LogP contribution in [0.3, 0.4) is 0 Å². The molecule has 1 aromatic heterocycles. The van der Waals surface area contributed by atoms with Gasteiger partial charge in [0, 0.05) is 20.0 Å². The Morgan fingerprint density at radius 3 is 2.55 bits per heavy atom. The minimum absolute atomic E-state index is 0.161. The Balaban J connectivity index is 1.80. The molecule has 1 aliphatic rings. The van der Waals surface area contributed by atoms with Crippen LogP contribution < -0.4 is 10.2 Å². The topological polar surface area (TPSA) is 45.2 Å². The van der Waals surface area contributed by atoms with Gasteiger partial charge in [-0.05, 0) is 43.7 Å². The molecule has 0 aliphatic heterocycles. The molecule has 1 amide bonds. The van der Waals surface area contributed by atoms with Crippen LogP contribution in [-0.4, -0.2) is 25.0 Å². The Kier molecular flexibility index (Phi) is 6.22. The lowest BCUT2D eigenvalue weighted by atomic mass is 9.79. The van der Waals surface area contributed by atoms with Gasteiger partial charge in [0.05, 0.1) is 11.9 Å². The van der Waals surface area contributed by atoms with Crippen molar-refractivity contribution < 1.29 is 4.79 Å². The second kappa shape index (κ2) is 8.16. The summed E-state index contributed by atoms with van der Waals surface area (Å²) in [6, 6.07) is 3.85. The Hall–Kier alpha value is -1.58. The highest BCUT2D eigenvalue weighted by Gasteiger charge is 2.26. The van der Waals surface area contributed by atoms with Crippen LogP contribution >= 0.6 is 0 Å². The van der Waals surface area contributed by atoms with Crippen LogP contribution in [0.1, 0.15) is 51.9 Å². The maximum absolute atomic E-state index is 12.4. The Labute approximate surface area is 134 Å². The number of amides is 1. The second-order valence-electron chi connectivity index (χ2n) is 6.65. The fraction of sp³-hybridized carbons (Fsp3) is 0.667. The van der Waals surface area contributed by atoms with E-state index in [1.165, 1.54) is 32.1 Å². The number of anilines is 2. The SMILES string of the molecule is CCCCC1CCC(C(=O)Nc2ccc(N(C)C)nc2)CC1. The molecule has 2 rings (SSSR count). The fourth-order valence-electron chi connectivity index (χ4n) is 3.17. The lowest BCUT2D eigenvalue weighted by Gasteiger charge is -2.27. The minimum Gasteiger partial charge on any atom is -0.363 e. The molecule has 1 heterocycles. The lowest BCUT2D eigenvalue weighted by Crippen LogP contribution is -2.27. The molecule has 1 aromatic rings. The third-order valence-corrected chi connectivity index (χ3v) is 4.66. The summed E-state index contributed by atoms with van der Waals surface area (Å²) in [6.45, 7) is 2.24. The van der Waals surface area contributed by atoms with Gasteiger partial charge in [-0.15, -0.1) is 0 Å². The van der Waals surface area contributed by atoms with E-state index >= 15 is 0 Å².